The molecule has 3 aromatic rings. The van der Waals surface area contributed by atoms with Crippen molar-refractivity contribution in [2.45, 2.75) is 31.8 Å². The molecule has 2 heterocycles. The van der Waals surface area contributed by atoms with Crippen LogP contribution in [0.4, 0.5) is 16.2 Å². The summed E-state index contributed by atoms with van der Waals surface area (Å²) in [5.74, 6) is -0.264. The summed E-state index contributed by atoms with van der Waals surface area (Å²) in [5, 5.41) is 3.06. The molecule has 0 spiro atoms. The molecule has 3 amide bonds. The number of urea groups is 1. The van der Waals surface area contributed by atoms with Gasteiger partial charge in [0.1, 0.15) is 0 Å². The van der Waals surface area contributed by atoms with E-state index in [9.17, 15) is 9.59 Å². The number of rotatable bonds is 5. The zero-order valence-electron chi connectivity index (χ0n) is 18.5. The first-order valence-electron chi connectivity index (χ1n) is 11.5. The summed E-state index contributed by atoms with van der Waals surface area (Å²) < 4.78 is 0. The van der Waals surface area contributed by atoms with Crippen LogP contribution in [0.5, 0.6) is 0 Å². The van der Waals surface area contributed by atoms with E-state index >= 15 is 0 Å². The van der Waals surface area contributed by atoms with Gasteiger partial charge in [-0.1, -0.05) is 54.6 Å². The number of anilines is 2. The third-order valence-corrected chi connectivity index (χ3v) is 6.61. The fourth-order valence-electron chi connectivity index (χ4n) is 5.04. The van der Waals surface area contributed by atoms with Crippen molar-refractivity contribution in [2.24, 2.45) is 5.73 Å². The van der Waals surface area contributed by atoms with Crippen LogP contribution >= 0.6 is 0 Å². The molecule has 0 aromatic heterocycles. The molecule has 1 fully saturated rings. The van der Waals surface area contributed by atoms with Crippen LogP contribution in [-0.4, -0.2) is 36.0 Å². The second kappa shape index (κ2) is 9.08. The van der Waals surface area contributed by atoms with E-state index in [-0.39, 0.29) is 18.0 Å². The Hall–Kier alpha value is -3.64. The number of carbonyl (C=O) groups is 2. The molecule has 3 aromatic carbocycles. The second-order valence-electron chi connectivity index (χ2n) is 8.73. The average Bonchev–Trinajstić information content (AvgIpc) is 3.47. The Morgan fingerprint density at radius 1 is 0.970 bits per heavy atom. The van der Waals surface area contributed by atoms with E-state index in [4.69, 9.17) is 5.73 Å². The van der Waals surface area contributed by atoms with Gasteiger partial charge in [0.15, 0.2) is 0 Å². The monoisotopic (exact) mass is 440 g/mol. The van der Waals surface area contributed by atoms with Crippen molar-refractivity contribution in [1.29, 1.82) is 0 Å². The molecular formula is C27H28N4O2. The van der Waals surface area contributed by atoms with Crippen LogP contribution in [0.1, 0.15) is 24.0 Å². The van der Waals surface area contributed by atoms with E-state index < -0.39 is 0 Å². The standard InChI is InChI=1S/C27H28N4O2/c28-26(32)25-13-6-15-30(25)18-19-7-4-10-21(17-19)29-27(33)31-16-14-23-22(11-5-12-24(23)31)20-8-2-1-3-9-20/h1-5,7-12,17,25H,6,13-16,18H2,(H2,28,32)(H,29,33). The van der Waals surface area contributed by atoms with Gasteiger partial charge in [-0.2, -0.15) is 0 Å². The van der Waals surface area contributed by atoms with Crippen molar-refractivity contribution in [1.82, 2.24) is 4.90 Å². The van der Waals surface area contributed by atoms with Gasteiger partial charge in [-0.3, -0.25) is 14.6 Å². The van der Waals surface area contributed by atoms with Gasteiger partial charge in [0, 0.05) is 24.5 Å². The number of primary amides is 1. The highest BCUT2D eigenvalue weighted by Crippen LogP contribution is 2.36. The predicted octanol–water partition coefficient (Wildman–Crippen LogP) is 4.40. The van der Waals surface area contributed by atoms with Crippen molar-refractivity contribution >= 4 is 23.3 Å². The van der Waals surface area contributed by atoms with Crippen molar-refractivity contribution in [3.63, 3.8) is 0 Å². The van der Waals surface area contributed by atoms with Gasteiger partial charge < -0.3 is 11.1 Å². The summed E-state index contributed by atoms with van der Waals surface area (Å²) in [6.45, 7) is 2.15. The molecule has 0 radical (unpaired) electrons. The Morgan fingerprint density at radius 3 is 2.61 bits per heavy atom. The number of hydrogen-bond acceptors (Lipinski definition) is 3. The highest BCUT2D eigenvalue weighted by molar-refractivity contribution is 6.04. The minimum atomic E-state index is -0.264. The van der Waals surface area contributed by atoms with Crippen LogP contribution in [0.25, 0.3) is 11.1 Å². The summed E-state index contributed by atoms with van der Waals surface area (Å²) in [7, 11) is 0. The maximum absolute atomic E-state index is 13.2. The first kappa shape index (κ1) is 21.2. The molecule has 3 N–H and O–H groups in total. The van der Waals surface area contributed by atoms with Crippen molar-refractivity contribution in [2.75, 3.05) is 23.3 Å². The first-order chi connectivity index (χ1) is 16.1. The fraction of sp³-hybridized carbons (Fsp3) is 0.259. The summed E-state index contributed by atoms with van der Waals surface area (Å²) in [5.41, 5.74) is 11.9. The Kier molecular flexibility index (Phi) is 5.84. The number of nitrogens with two attached hydrogens (primary N) is 1. The molecule has 6 nitrogen and oxygen atoms in total. The zero-order valence-corrected chi connectivity index (χ0v) is 18.5. The van der Waals surface area contributed by atoms with Crippen LogP contribution in [-0.2, 0) is 17.8 Å². The van der Waals surface area contributed by atoms with Gasteiger partial charge in [0.25, 0.3) is 0 Å². The lowest BCUT2D eigenvalue weighted by Crippen LogP contribution is -2.39. The van der Waals surface area contributed by atoms with Crippen LogP contribution in [0.2, 0.25) is 0 Å². The third-order valence-electron chi connectivity index (χ3n) is 6.61. The van der Waals surface area contributed by atoms with Gasteiger partial charge in [0.2, 0.25) is 5.91 Å². The van der Waals surface area contributed by atoms with E-state index in [0.717, 1.165) is 42.7 Å². The quantitative estimate of drug-likeness (QED) is 0.617. The maximum atomic E-state index is 13.2. The molecule has 1 atom stereocenters. The van der Waals surface area contributed by atoms with E-state index in [1.807, 2.05) is 59.5 Å². The molecule has 168 valence electrons. The number of likely N-dealkylation sites (tertiary alicyclic amines) is 1. The number of fused-ring (bicyclic) bond motifs is 1. The van der Waals surface area contributed by atoms with Crippen molar-refractivity contribution < 1.29 is 9.59 Å². The average molecular weight is 441 g/mol. The lowest BCUT2D eigenvalue weighted by atomic mass is 9.98. The Labute approximate surface area is 194 Å². The van der Waals surface area contributed by atoms with E-state index in [0.29, 0.717) is 13.1 Å². The van der Waals surface area contributed by atoms with Crippen LogP contribution < -0.4 is 16.0 Å². The highest BCUT2D eigenvalue weighted by Gasteiger charge is 2.29. The van der Waals surface area contributed by atoms with Crippen LogP contribution in [0.3, 0.4) is 0 Å². The summed E-state index contributed by atoms with van der Waals surface area (Å²) in [4.78, 5) is 28.8. The predicted molar refractivity (Wildman–Crippen MR) is 131 cm³/mol. The molecule has 1 unspecified atom stereocenters. The number of nitrogens with one attached hydrogen (secondary N) is 1. The number of hydrogen-bond donors (Lipinski definition) is 2. The number of nitrogens with zero attached hydrogens (tertiary/aromatic N) is 2. The third kappa shape index (κ3) is 4.34. The van der Waals surface area contributed by atoms with Crippen molar-refractivity contribution in [3.05, 3.63) is 83.9 Å². The zero-order chi connectivity index (χ0) is 22.8. The fourth-order valence-corrected chi connectivity index (χ4v) is 5.04. The molecule has 5 rings (SSSR count). The molecule has 2 aliphatic heterocycles. The molecular weight excluding hydrogens is 412 g/mol. The number of benzene rings is 3. The van der Waals surface area contributed by atoms with E-state index in [1.165, 1.54) is 16.7 Å². The molecule has 0 aliphatic carbocycles. The van der Waals surface area contributed by atoms with Crippen LogP contribution in [0, 0.1) is 0 Å². The van der Waals surface area contributed by atoms with Gasteiger partial charge >= 0.3 is 6.03 Å². The molecule has 0 saturated carbocycles. The normalized spacial score (nSPS) is 17.7. The minimum Gasteiger partial charge on any atom is -0.368 e. The Bertz CT molecular complexity index is 1180. The Balaban J connectivity index is 1.31. The lowest BCUT2D eigenvalue weighted by molar-refractivity contribution is -0.122. The van der Waals surface area contributed by atoms with E-state index in [2.05, 4.69) is 28.4 Å². The molecule has 1 saturated heterocycles. The van der Waals surface area contributed by atoms with E-state index in [1.54, 1.807) is 0 Å². The van der Waals surface area contributed by atoms with Crippen molar-refractivity contribution in [3.8, 4) is 11.1 Å². The number of carbonyl (C=O) groups excluding carboxylic acids is 2. The summed E-state index contributed by atoms with van der Waals surface area (Å²) >= 11 is 0. The molecule has 2 aliphatic rings. The summed E-state index contributed by atoms with van der Waals surface area (Å²) in [6, 6.07) is 23.9. The summed E-state index contributed by atoms with van der Waals surface area (Å²) in [6.07, 6.45) is 2.62. The SMILES string of the molecule is NC(=O)C1CCCN1Cc1cccc(NC(=O)N2CCc3c(-c4ccccc4)cccc32)c1. The molecule has 6 heteroatoms. The van der Waals surface area contributed by atoms with Gasteiger partial charge in [-0.25, -0.2) is 4.79 Å². The van der Waals surface area contributed by atoms with Crippen LogP contribution in [0.15, 0.2) is 72.8 Å². The lowest BCUT2D eigenvalue weighted by Gasteiger charge is -2.22. The maximum Gasteiger partial charge on any atom is 0.326 e. The second-order valence-corrected chi connectivity index (χ2v) is 8.73. The minimum absolute atomic E-state index is 0.132. The number of amides is 3. The first-order valence-corrected chi connectivity index (χ1v) is 11.5. The molecule has 0 bridgehead atoms. The Morgan fingerprint density at radius 2 is 1.79 bits per heavy atom. The van der Waals surface area contributed by atoms with Gasteiger partial charge in [-0.15, -0.1) is 0 Å². The van der Waals surface area contributed by atoms with Gasteiger partial charge in [-0.05, 0) is 66.3 Å². The smallest absolute Gasteiger partial charge is 0.326 e. The van der Waals surface area contributed by atoms with Gasteiger partial charge in [0.05, 0.1) is 6.04 Å². The highest BCUT2D eigenvalue weighted by atomic mass is 16.2. The largest absolute Gasteiger partial charge is 0.368 e. The topological polar surface area (TPSA) is 78.7 Å². The molecule has 33 heavy (non-hydrogen) atoms.